The summed E-state index contributed by atoms with van der Waals surface area (Å²) in [4.78, 5) is 10.6. The lowest BCUT2D eigenvalue weighted by molar-refractivity contribution is 0.332. The second-order valence-corrected chi connectivity index (χ2v) is 3.34. The molecule has 2 rings (SSSR count). The first-order chi connectivity index (χ1) is 6.86. The molecular weight excluding hydrogens is 174 g/mol. The van der Waals surface area contributed by atoms with Crippen LogP contribution in [0.15, 0.2) is 12.5 Å². The Morgan fingerprint density at radius 1 is 1.36 bits per heavy atom. The van der Waals surface area contributed by atoms with Crippen LogP contribution < -0.4 is 0 Å². The summed E-state index contributed by atoms with van der Waals surface area (Å²) in [7, 11) is 2.14. The molecule has 0 fully saturated rings. The first-order valence-electron chi connectivity index (χ1n) is 5.32. The normalized spacial score (nSPS) is 16.2. The third-order valence-corrected chi connectivity index (χ3v) is 2.27. The van der Waals surface area contributed by atoms with Crippen LogP contribution in [0.25, 0.3) is 0 Å². The van der Waals surface area contributed by atoms with Crippen molar-refractivity contribution in [3.05, 3.63) is 23.8 Å². The van der Waals surface area contributed by atoms with Gasteiger partial charge in [-0.05, 0) is 26.4 Å². The Morgan fingerprint density at radius 3 is 2.93 bits per heavy atom. The van der Waals surface area contributed by atoms with Gasteiger partial charge < -0.3 is 4.90 Å². The van der Waals surface area contributed by atoms with Gasteiger partial charge in [0.05, 0.1) is 0 Å². The molecule has 1 aromatic heterocycles. The molecule has 0 aliphatic carbocycles. The number of aryl methyl sites for hydroxylation is 1. The molecule has 0 saturated carbocycles. The number of hydrogen-bond acceptors (Lipinski definition) is 3. The Morgan fingerprint density at radius 2 is 2.14 bits per heavy atom. The zero-order valence-electron chi connectivity index (χ0n) is 9.32. The fraction of sp³-hybridized carbons (Fsp3) is 0.636. The summed E-state index contributed by atoms with van der Waals surface area (Å²) in [6.07, 6.45) is 5.89. The van der Waals surface area contributed by atoms with Gasteiger partial charge in [0.2, 0.25) is 0 Å². The Labute approximate surface area is 86.2 Å². The standard InChI is InChI=1S/C9H13N3.C2H6/c1-12-4-2-3-9-8(6-12)5-10-7-11-9;1-2/h5,7H,2-4,6H2,1H3;1-2H3. The first-order valence-corrected chi connectivity index (χ1v) is 5.32. The molecule has 0 saturated heterocycles. The summed E-state index contributed by atoms with van der Waals surface area (Å²) in [5.74, 6) is 0. The molecule has 0 atom stereocenters. The van der Waals surface area contributed by atoms with E-state index in [4.69, 9.17) is 0 Å². The average molecular weight is 193 g/mol. The van der Waals surface area contributed by atoms with Crippen molar-refractivity contribution in [2.75, 3.05) is 13.6 Å². The third kappa shape index (κ3) is 2.77. The largest absolute Gasteiger partial charge is 0.302 e. The number of hydrogen-bond donors (Lipinski definition) is 0. The molecule has 0 bridgehead atoms. The maximum Gasteiger partial charge on any atom is 0.115 e. The van der Waals surface area contributed by atoms with E-state index in [9.17, 15) is 0 Å². The summed E-state index contributed by atoms with van der Waals surface area (Å²) in [5, 5.41) is 0. The number of nitrogens with zero attached hydrogens (tertiary/aromatic N) is 3. The van der Waals surface area contributed by atoms with E-state index in [1.165, 1.54) is 17.7 Å². The lowest BCUT2D eigenvalue weighted by atomic mass is 10.2. The van der Waals surface area contributed by atoms with E-state index in [1.54, 1.807) is 6.33 Å². The van der Waals surface area contributed by atoms with Crippen LogP contribution in [-0.2, 0) is 13.0 Å². The molecule has 0 radical (unpaired) electrons. The van der Waals surface area contributed by atoms with Crippen LogP contribution in [-0.4, -0.2) is 28.5 Å². The molecule has 1 aliphatic heterocycles. The van der Waals surface area contributed by atoms with Gasteiger partial charge in [-0.15, -0.1) is 0 Å². The van der Waals surface area contributed by atoms with Gasteiger partial charge in [-0.1, -0.05) is 13.8 Å². The second-order valence-electron chi connectivity index (χ2n) is 3.34. The van der Waals surface area contributed by atoms with Crippen molar-refractivity contribution in [1.82, 2.24) is 14.9 Å². The zero-order valence-corrected chi connectivity index (χ0v) is 9.32. The predicted molar refractivity (Wildman–Crippen MR) is 58.0 cm³/mol. The molecule has 0 amide bonds. The van der Waals surface area contributed by atoms with Crippen molar-refractivity contribution in [2.45, 2.75) is 33.2 Å². The molecule has 14 heavy (non-hydrogen) atoms. The molecule has 0 aromatic carbocycles. The highest BCUT2D eigenvalue weighted by molar-refractivity contribution is 5.16. The molecule has 3 nitrogen and oxygen atoms in total. The molecule has 1 aromatic rings. The molecule has 3 heteroatoms. The van der Waals surface area contributed by atoms with Crippen molar-refractivity contribution < 1.29 is 0 Å². The van der Waals surface area contributed by atoms with E-state index >= 15 is 0 Å². The van der Waals surface area contributed by atoms with Gasteiger partial charge in [-0.3, -0.25) is 0 Å². The van der Waals surface area contributed by atoms with E-state index in [1.807, 2.05) is 20.0 Å². The molecule has 78 valence electrons. The smallest absolute Gasteiger partial charge is 0.115 e. The molecule has 0 spiro atoms. The minimum absolute atomic E-state index is 0.996. The first kappa shape index (κ1) is 11.1. The van der Waals surface area contributed by atoms with Crippen LogP contribution in [0, 0.1) is 0 Å². The Kier molecular flexibility index (Phi) is 4.53. The van der Waals surface area contributed by atoms with Crippen LogP contribution in [0.1, 0.15) is 31.5 Å². The van der Waals surface area contributed by atoms with E-state index in [-0.39, 0.29) is 0 Å². The van der Waals surface area contributed by atoms with Gasteiger partial charge in [-0.25, -0.2) is 9.97 Å². The predicted octanol–water partition coefficient (Wildman–Crippen LogP) is 1.88. The highest BCUT2D eigenvalue weighted by atomic mass is 15.1. The SMILES string of the molecule is CC.CN1CCCc2ncncc2C1. The third-order valence-electron chi connectivity index (χ3n) is 2.27. The second kappa shape index (κ2) is 5.70. The lowest BCUT2D eigenvalue weighted by Crippen LogP contribution is -2.17. The molecule has 0 unspecified atom stereocenters. The lowest BCUT2D eigenvalue weighted by Gasteiger charge is -2.11. The van der Waals surface area contributed by atoms with Gasteiger partial charge in [0.25, 0.3) is 0 Å². The van der Waals surface area contributed by atoms with Gasteiger partial charge in [0.1, 0.15) is 6.33 Å². The number of rotatable bonds is 0. The van der Waals surface area contributed by atoms with Crippen molar-refractivity contribution in [1.29, 1.82) is 0 Å². The van der Waals surface area contributed by atoms with E-state index in [2.05, 4.69) is 21.9 Å². The highest BCUT2D eigenvalue weighted by Gasteiger charge is 2.11. The van der Waals surface area contributed by atoms with Crippen molar-refractivity contribution in [3.63, 3.8) is 0 Å². The Hall–Kier alpha value is -0.960. The summed E-state index contributed by atoms with van der Waals surface area (Å²) in [6, 6.07) is 0. The fourth-order valence-corrected chi connectivity index (χ4v) is 1.63. The van der Waals surface area contributed by atoms with Crippen LogP contribution in [0.4, 0.5) is 0 Å². The van der Waals surface area contributed by atoms with Crippen molar-refractivity contribution >= 4 is 0 Å². The van der Waals surface area contributed by atoms with E-state index < -0.39 is 0 Å². The van der Waals surface area contributed by atoms with Gasteiger partial charge in [0.15, 0.2) is 0 Å². The summed E-state index contributed by atoms with van der Waals surface area (Å²) < 4.78 is 0. The topological polar surface area (TPSA) is 29.0 Å². The quantitative estimate of drug-likeness (QED) is 0.630. The van der Waals surface area contributed by atoms with Gasteiger partial charge >= 0.3 is 0 Å². The summed E-state index contributed by atoms with van der Waals surface area (Å²) in [5.41, 5.74) is 2.52. The monoisotopic (exact) mass is 193 g/mol. The fourth-order valence-electron chi connectivity index (χ4n) is 1.63. The van der Waals surface area contributed by atoms with Crippen LogP contribution in [0.5, 0.6) is 0 Å². The maximum atomic E-state index is 4.28. The van der Waals surface area contributed by atoms with Crippen molar-refractivity contribution in [3.8, 4) is 0 Å². The van der Waals surface area contributed by atoms with Crippen LogP contribution >= 0.6 is 0 Å². The maximum absolute atomic E-state index is 4.28. The molecule has 0 N–H and O–H groups in total. The Bertz CT molecular complexity index is 273. The van der Waals surface area contributed by atoms with E-state index in [0.717, 1.165) is 19.5 Å². The highest BCUT2D eigenvalue weighted by Crippen LogP contribution is 2.13. The summed E-state index contributed by atoms with van der Waals surface area (Å²) >= 11 is 0. The Balaban J connectivity index is 0.000000461. The number of aromatic nitrogens is 2. The molecule has 2 heterocycles. The molecular formula is C11H19N3. The number of fused-ring (bicyclic) bond motifs is 1. The van der Waals surface area contributed by atoms with Gasteiger partial charge in [-0.2, -0.15) is 0 Å². The van der Waals surface area contributed by atoms with Gasteiger partial charge in [0, 0.05) is 24.0 Å². The van der Waals surface area contributed by atoms with E-state index in [0.29, 0.717) is 0 Å². The zero-order chi connectivity index (χ0) is 10.4. The average Bonchev–Trinajstić information content (AvgIpc) is 2.41. The minimum Gasteiger partial charge on any atom is -0.302 e. The van der Waals surface area contributed by atoms with Crippen LogP contribution in [0.3, 0.4) is 0 Å². The summed E-state index contributed by atoms with van der Waals surface area (Å²) in [6.45, 7) is 6.16. The van der Waals surface area contributed by atoms with Crippen molar-refractivity contribution in [2.24, 2.45) is 0 Å². The molecule has 1 aliphatic rings. The van der Waals surface area contributed by atoms with Crippen LogP contribution in [0.2, 0.25) is 0 Å². The minimum atomic E-state index is 0.996.